The fourth-order valence-corrected chi connectivity index (χ4v) is 1.19. The van der Waals surface area contributed by atoms with Crippen molar-refractivity contribution < 1.29 is 9.50 Å². The molecule has 4 heteroatoms. The summed E-state index contributed by atoms with van der Waals surface area (Å²) >= 11 is 0. The number of nitrogens with zero attached hydrogens (tertiary/aromatic N) is 1. The van der Waals surface area contributed by atoms with Crippen molar-refractivity contribution in [3.05, 3.63) is 35.1 Å². The lowest BCUT2D eigenvalue weighted by Gasteiger charge is -2.11. The van der Waals surface area contributed by atoms with Gasteiger partial charge in [0.15, 0.2) is 0 Å². The van der Waals surface area contributed by atoms with Crippen molar-refractivity contribution in [2.45, 2.75) is 12.5 Å². The van der Waals surface area contributed by atoms with Gasteiger partial charge >= 0.3 is 0 Å². The molecule has 0 aliphatic heterocycles. The second-order valence-electron chi connectivity index (χ2n) is 2.97. The summed E-state index contributed by atoms with van der Waals surface area (Å²) in [5.74, 6) is -0.495. The zero-order valence-corrected chi connectivity index (χ0v) is 7.57. The quantitative estimate of drug-likeness (QED) is 0.756. The highest BCUT2D eigenvalue weighted by atomic mass is 19.1. The van der Waals surface area contributed by atoms with Crippen molar-refractivity contribution >= 4 is 0 Å². The molecular formula is C10H11FN2O. The Morgan fingerprint density at radius 3 is 2.79 bits per heavy atom. The summed E-state index contributed by atoms with van der Waals surface area (Å²) in [7, 11) is 0. The summed E-state index contributed by atoms with van der Waals surface area (Å²) < 4.78 is 13.3. The van der Waals surface area contributed by atoms with Crippen molar-refractivity contribution in [3.8, 4) is 6.07 Å². The van der Waals surface area contributed by atoms with E-state index in [-0.39, 0.29) is 12.2 Å². The summed E-state index contributed by atoms with van der Waals surface area (Å²) in [5.41, 5.74) is 6.21. The molecule has 0 saturated carbocycles. The molecule has 1 aromatic rings. The van der Waals surface area contributed by atoms with Crippen molar-refractivity contribution in [2.75, 3.05) is 6.61 Å². The molecule has 0 spiro atoms. The minimum absolute atomic E-state index is 0.0827. The first kappa shape index (κ1) is 10.6. The van der Waals surface area contributed by atoms with Crippen LogP contribution in [0, 0.1) is 17.1 Å². The summed E-state index contributed by atoms with van der Waals surface area (Å²) in [6.45, 7) is -0.0827. The van der Waals surface area contributed by atoms with Gasteiger partial charge in [0.25, 0.3) is 0 Å². The van der Waals surface area contributed by atoms with Gasteiger partial charge in [-0.2, -0.15) is 5.26 Å². The van der Waals surface area contributed by atoms with Crippen LogP contribution < -0.4 is 5.73 Å². The van der Waals surface area contributed by atoms with Crippen LogP contribution >= 0.6 is 0 Å². The van der Waals surface area contributed by atoms with E-state index >= 15 is 0 Å². The molecule has 14 heavy (non-hydrogen) atoms. The molecule has 3 nitrogen and oxygen atoms in total. The minimum Gasteiger partial charge on any atom is -0.396 e. The van der Waals surface area contributed by atoms with E-state index in [2.05, 4.69) is 0 Å². The normalized spacial score (nSPS) is 12.1. The van der Waals surface area contributed by atoms with E-state index in [9.17, 15) is 4.39 Å². The maximum Gasteiger partial charge on any atom is 0.129 e. The maximum absolute atomic E-state index is 13.3. The summed E-state index contributed by atoms with van der Waals surface area (Å²) in [6, 6.07) is 5.45. The SMILES string of the molecule is N#Cc1ccc(C(N)CCO)c(F)c1. The van der Waals surface area contributed by atoms with E-state index in [1.54, 1.807) is 0 Å². The van der Waals surface area contributed by atoms with Crippen LogP contribution in [0.5, 0.6) is 0 Å². The third-order valence-electron chi connectivity index (χ3n) is 1.97. The number of aliphatic hydroxyl groups is 1. The number of benzene rings is 1. The van der Waals surface area contributed by atoms with Crippen LogP contribution in [0.1, 0.15) is 23.6 Å². The van der Waals surface area contributed by atoms with Crippen LogP contribution in [0.15, 0.2) is 18.2 Å². The highest BCUT2D eigenvalue weighted by molar-refractivity contribution is 5.34. The Balaban J connectivity index is 2.95. The third kappa shape index (κ3) is 2.28. The molecule has 74 valence electrons. The highest BCUT2D eigenvalue weighted by Crippen LogP contribution is 2.18. The van der Waals surface area contributed by atoms with Crippen molar-refractivity contribution in [1.29, 1.82) is 5.26 Å². The zero-order chi connectivity index (χ0) is 10.6. The number of aliphatic hydroxyl groups excluding tert-OH is 1. The van der Waals surface area contributed by atoms with Crippen LogP contribution in [0.25, 0.3) is 0 Å². The van der Waals surface area contributed by atoms with E-state index in [0.717, 1.165) is 6.07 Å². The molecule has 0 heterocycles. The first-order valence-corrected chi connectivity index (χ1v) is 4.25. The highest BCUT2D eigenvalue weighted by Gasteiger charge is 2.10. The zero-order valence-electron chi connectivity index (χ0n) is 7.57. The van der Waals surface area contributed by atoms with Crippen molar-refractivity contribution in [3.63, 3.8) is 0 Å². The van der Waals surface area contributed by atoms with Crippen LogP contribution in [-0.4, -0.2) is 11.7 Å². The van der Waals surface area contributed by atoms with Gasteiger partial charge in [-0.05, 0) is 18.6 Å². The Kier molecular flexibility index (Phi) is 3.57. The molecule has 3 N–H and O–H groups in total. The van der Waals surface area contributed by atoms with E-state index in [0.29, 0.717) is 12.0 Å². The van der Waals surface area contributed by atoms with E-state index in [1.165, 1.54) is 12.1 Å². The van der Waals surface area contributed by atoms with Gasteiger partial charge in [0.05, 0.1) is 11.6 Å². The third-order valence-corrected chi connectivity index (χ3v) is 1.97. The molecule has 1 aromatic carbocycles. The molecule has 1 unspecified atom stereocenters. The fraction of sp³-hybridized carbons (Fsp3) is 0.300. The topological polar surface area (TPSA) is 70.0 Å². The Hall–Kier alpha value is -1.44. The van der Waals surface area contributed by atoms with Crippen molar-refractivity contribution in [1.82, 2.24) is 0 Å². The molecule has 0 saturated heterocycles. The molecule has 1 rings (SSSR count). The molecule has 0 radical (unpaired) electrons. The molecule has 0 aliphatic carbocycles. The van der Waals surface area contributed by atoms with Crippen LogP contribution in [0.3, 0.4) is 0 Å². The van der Waals surface area contributed by atoms with Crippen LogP contribution in [-0.2, 0) is 0 Å². The largest absolute Gasteiger partial charge is 0.396 e. The van der Waals surface area contributed by atoms with Crippen LogP contribution in [0.2, 0.25) is 0 Å². The number of hydrogen-bond acceptors (Lipinski definition) is 3. The average Bonchev–Trinajstić information content (AvgIpc) is 2.17. The second-order valence-corrected chi connectivity index (χ2v) is 2.97. The summed E-state index contributed by atoms with van der Waals surface area (Å²) in [5, 5.41) is 17.1. The van der Waals surface area contributed by atoms with E-state index in [4.69, 9.17) is 16.1 Å². The lowest BCUT2D eigenvalue weighted by molar-refractivity contribution is 0.275. The molecular weight excluding hydrogens is 183 g/mol. The average molecular weight is 194 g/mol. The fourth-order valence-electron chi connectivity index (χ4n) is 1.19. The number of halogens is 1. The van der Waals surface area contributed by atoms with Gasteiger partial charge in [-0.1, -0.05) is 6.07 Å². The smallest absolute Gasteiger partial charge is 0.129 e. The Labute approximate surface area is 81.6 Å². The van der Waals surface area contributed by atoms with Gasteiger partial charge < -0.3 is 10.8 Å². The van der Waals surface area contributed by atoms with Gasteiger partial charge in [-0.25, -0.2) is 4.39 Å². The molecule has 0 aromatic heterocycles. The van der Waals surface area contributed by atoms with Gasteiger partial charge in [0, 0.05) is 18.2 Å². The minimum atomic E-state index is -0.521. The molecule has 0 fully saturated rings. The molecule has 0 aliphatic rings. The van der Waals surface area contributed by atoms with Gasteiger partial charge in [0.1, 0.15) is 5.82 Å². The predicted molar refractivity (Wildman–Crippen MR) is 49.7 cm³/mol. The summed E-state index contributed by atoms with van der Waals surface area (Å²) in [6.07, 6.45) is 0.308. The predicted octanol–water partition coefficient (Wildman–Crippen LogP) is 1.08. The van der Waals surface area contributed by atoms with E-state index in [1.807, 2.05) is 6.07 Å². The number of hydrogen-bond donors (Lipinski definition) is 2. The standard InChI is InChI=1S/C10H11FN2O/c11-9-5-7(6-12)1-2-8(9)10(13)3-4-14/h1-2,5,10,14H,3-4,13H2. The monoisotopic (exact) mass is 194 g/mol. The molecule has 0 bridgehead atoms. The Morgan fingerprint density at radius 1 is 1.57 bits per heavy atom. The van der Waals surface area contributed by atoms with Gasteiger partial charge in [-0.15, -0.1) is 0 Å². The second kappa shape index (κ2) is 4.70. The molecule has 0 amide bonds. The number of rotatable bonds is 3. The first-order chi connectivity index (χ1) is 6.69. The van der Waals surface area contributed by atoms with Gasteiger partial charge in [0.2, 0.25) is 0 Å². The molecule has 1 atom stereocenters. The lowest BCUT2D eigenvalue weighted by Crippen LogP contribution is -2.13. The lowest BCUT2D eigenvalue weighted by atomic mass is 10.0. The van der Waals surface area contributed by atoms with Crippen LogP contribution in [0.4, 0.5) is 4.39 Å². The first-order valence-electron chi connectivity index (χ1n) is 4.25. The maximum atomic E-state index is 13.3. The Morgan fingerprint density at radius 2 is 2.29 bits per heavy atom. The number of nitriles is 1. The Bertz CT molecular complexity index is 360. The van der Waals surface area contributed by atoms with E-state index < -0.39 is 11.9 Å². The van der Waals surface area contributed by atoms with Gasteiger partial charge in [-0.3, -0.25) is 0 Å². The number of nitrogens with two attached hydrogens (primary N) is 1. The summed E-state index contributed by atoms with van der Waals surface area (Å²) in [4.78, 5) is 0. The van der Waals surface area contributed by atoms with Crippen molar-refractivity contribution in [2.24, 2.45) is 5.73 Å².